The van der Waals surface area contributed by atoms with Crippen LogP contribution in [0.4, 0.5) is 0 Å². The molecule has 1 aromatic carbocycles. The highest BCUT2D eigenvalue weighted by molar-refractivity contribution is 5.79. The highest BCUT2D eigenvalue weighted by Crippen LogP contribution is 2.31. The molecule has 1 aliphatic heterocycles. The number of carbonyl (C=O) groups is 2. The SMILES string of the molecule is COc1ccc(C2CC(C(=O)O)CN(C(=O)CC#N)C2)cc1. The van der Waals surface area contributed by atoms with Gasteiger partial charge in [0.1, 0.15) is 12.2 Å². The first-order valence-electron chi connectivity index (χ1n) is 7.06. The molecule has 6 heteroatoms. The molecule has 0 saturated carbocycles. The normalized spacial score (nSPS) is 21.0. The Bertz CT molecular complexity index is 591. The number of aliphatic carboxylic acids is 1. The van der Waals surface area contributed by atoms with Gasteiger partial charge in [-0.25, -0.2) is 0 Å². The number of benzene rings is 1. The number of rotatable bonds is 4. The molecule has 2 unspecified atom stereocenters. The summed E-state index contributed by atoms with van der Waals surface area (Å²) >= 11 is 0. The third-order valence-corrected chi connectivity index (χ3v) is 3.97. The maximum atomic E-state index is 11.9. The zero-order valence-corrected chi connectivity index (χ0v) is 12.4. The number of methoxy groups -OCH3 is 1. The molecule has 2 atom stereocenters. The van der Waals surface area contributed by atoms with Crippen molar-refractivity contribution >= 4 is 11.9 Å². The Hall–Kier alpha value is -2.55. The number of carboxylic acid groups (broad SMARTS) is 1. The van der Waals surface area contributed by atoms with Gasteiger partial charge in [0.15, 0.2) is 0 Å². The first-order valence-corrected chi connectivity index (χ1v) is 7.06. The van der Waals surface area contributed by atoms with Crippen molar-refractivity contribution in [3.8, 4) is 11.8 Å². The lowest BCUT2D eigenvalue weighted by atomic mass is 9.84. The van der Waals surface area contributed by atoms with Crippen LogP contribution in [0, 0.1) is 17.2 Å². The molecule has 1 N–H and O–H groups in total. The number of carboxylic acids is 1. The van der Waals surface area contributed by atoms with Crippen molar-refractivity contribution in [1.82, 2.24) is 4.90 Å². The lowest BCUT2D eigenvalue weighted by Gasteiger charge is -2.36. The molecule has 22 heavy (non-hydrogen) atoms. The summed E-state index contributed by atoms with van der Waals surface area (Å²) < 4.78 is 5.11. The fourth-order valence-corrected chi connectivity index (χ4v) is 2.78. The Morgan fingerprint density at radius 1 is 1.36 bits per heavy atom. The van der Waals surface area contributed by atoms with Crippen molar-refractivity contribution in [3.63, 3.8) is 0 Å². The molecular formula is C16H18N2O4. The number of piperidine rings is 1. The molecule has 2 rings (SSSR count). The van der Waals surface area contributed by atoms with Crippen LogP contribution >= 0.6 is 0 Å². The molecular weight excluding hydrogens is 284 g/mol. The summed E-state index contributed by atoms with van der Waals surface area (Å²) in [6.45, 7) is 0.610. The van der Waals surface area contributed by atoms with Crippen LogP contribution in [-0.4, -0.2) is 42.1 Å². The number of carbonyl (C=O) groups excluding carboxylic acids is 1. The van der Waals surface area contributed by atoms with Gasteiger partial charge in [-0.3, -0.25) is 9.59 Å². The molecule has 1 amide bonds. The first-order chi connectivity index (χ1) is 10.5. The van der Waals surface area contributed by atoms with E-state index in [2.05, 4.69) is 0 Å². The number of nitriles is 1. The molecule has 1 aliphatic rings. The van der Waals surface area contributed by atoms with Crippen molar-refractivity contribution in [1.29, 1.82) is 5.26 Å². The molecule has 1 fully saturated rings. The van der Waals surface area contributed by atoms with Gasteiger partial charge in [-0.15, -0.1) is 0 Å². The highest BCUT2D eigenvalue weighted by Gasteiger charge is 2.34. The summed E-state index contributed by atoms with van der Waals surface area (Å²) in [7, 11) is 1.58. The molecule has 0 bridgehead atoms. The second-order valence-electron chi connectivity index (χ2n) is 5.37. The number of ether oxygens (including phenoxy) is 1. The molecule has 116 valence electrons. The minimum absolute atomic E-state index is 0.0524. The quantitative estimate of drug-likeness (QED) is 0.912. The molecule has 0 spiro atoms. The third kappa shape index (κ3) is 3.55. The van der Waals surface area contributed by atoms with Gasteiger partial charge < -0.3 is 14.7 Å². The lowest BCUT2D eigenvalue weighted by molar-refractivity contribution is -0.146. The van der Waals surface area contributed by atoms with E-state index in [-0.39, 0.29) is 24.8 Å². The van der Waals surface area contributed by atoms with Gasteiger partial charge in [-0.1, -0.05) is 12.1 Å². The van der Waals surface area contributed by atoms with Gasteiger partial charge in [0.2, 0.25) is 5.91 Å². The Labute approximate surface area is 128 Å². The fourth-order valence-electron chi connectivity index (χ4n) is 2.78. The Balaban J connectivity index is 2.19. The number of hydrogen-bond donors (Lipinski definition) is 1. The van der Waals surface area contributed by atoms with Crippen molar-refractivity contribution in [3.05, 3.63) is 29.8 Å². The predicted octanol–water partition coefficient (Wildman–Crippen LogP) is 1.63. The van der Waals surface area contributed by atoms with E-state index in [1.165, 1.54) is 4.90 Å². The molecule has 0 aromatic heterocycles. The van der Waals surface area contributed by atoms with E-state index in [9.17, 15) is 14.7 Å². The average Bonchev–Trinajstić information content (AvgIpc) is 2.54. The summed E-state index contributed by atoms with van der Waals surface area (Å²) in [4.78, 5) is 24.8. The summed E-state index contributed by atoms with van der Waals surface area (Å²) in [5, 5.41) is 17.9. The van der Waals surface area contributed by atoms with E-state index < -0.39 is 11.9 Å². The van der Waals surface area contributed by atoms with Crippen LogP contribution in [0.5, 0.6) is 5.75 Å². The zero-order valence-electron chi connectivity index (χ0n) is 12.4. The van der Waals surface area contributed by atoms with E-state index >= 15 is 0 Å². The van der Waals surface area contributed by atoms with Crippen LogP contribution in [0.25, 0.3) is 0 Å². The first kappa shape index (κ1) is 15.8. The Kier molecular flexibility index (Phi) is 4.99. The summed E-state index contributed by atoms with van der Waals surface area (Å²) in [5.74, 6) is -1.15. The van der Waals surface area contributed by atoms with E-state index in [1.54, 1.807) is 7.11 Å². The number of hydrogen-bond acceptors (Lipinski definition) is 4. The van der Waals surface area contributed by atoms with E-state index in [1.807, 2.05) is 30.3 Å². The van der Waals surface area contributed by atoms with E-state index in [0.29, 0.717) is 13.0 Å². The molecule has 0 radical (unpaired) electrons. The average molecular weight is 302 g/mol. The molecule has 0 aliphatic carbocycles. The van der Waals surface area contributed by atoms with Gasteiger partial charge in [-0.05, 0) is 24.1 Å². The number of nitrogens with zero attached hydrogens (tertiary/aromatic N) is 2. The Morgan fingerprint density at radius 3 is 2.59 bits per heavy atom. The monoisotopic (exact) mass is 302 g/mol. The standard InChI is InChI=1S/C16H18N2O4/c1-22-14-4-2-11(3-5-14)12-8-13(16(20)21)10-18(9-12)15(19)6-7-17/h2-5,12-13H,6,8-10H2,1H3,(H,20,21). The van der Waals surface area contributed by atoms with Gasteiger partial charge in [-0.2, -0.15) is 5.26 Å². The van der Waals surface area contributed by atoms with Gasteiger partial charge in [0, 0.05) is 19.0 Å². The zero-order chi connectivity index (χ0) is 16.1. The fraction of sp³-hybridized carbons (Fsp3) is 0.438. The van der Waals surface area contributed by atoms with E-state index in [0.717, 1.165) is 11.3 Å². The third-order valence-electron chi connectivity index (χ3n) is 3.97. The minimum Gasteiger partial charge on any atom is -0.497 e. The van der Waals surface area contributed by atoms with Crippen molar-refractivity contribution in [2.75, 3.05) is 20.2 Å². The number of amides is 1. The maximum Gasteiger partial charge on any atom is 0.308 e. The smallest absolute Gasteiger partial charge is 0.308 e. The van der Waals surface area contributed by atoms with Crippen LogP contribution in [0.15, 0.2) is 24.3 Å². The highest BCUT2D eigenvalue weighted by atomic mass is 16.5. The molecule has 6 nitrogen and oxygen atoms in total. The van der Waals surface area contributed by atoms with Gasteiger partial charge >= 0.3 is 5.97 Å². The second-order valence-corrected chi connectivity index (χ2v) is 5.37. The summed E-state index contributed by atoms with van der Waals surface area (Å²) in [6.07, 6.45) is 0.264. The number of likely N-dealkylation sites (tertiary alicyclic amines) is 1. The van der Waals surface area contributed by atoms with Crippen molar-refractivity contribution in [2.24, 2.45) is 5.92 Å². The van der Waals surface area contributed by atoms with Crippen LogP contribution < -0.4 is 4.74 Å². The largest absolute Gasteiger partial charge is 0.497 e. The van der Waals surface area contributed by atoms with Crippen LogP contribution in [-0.2, 0) is 9.59 Å². The summed E-state index contributed by atoms with van der Waals surface area (Å²) in [5.41, 5.74) is 0.974. The van der Waals surface area contributed by atoms with Gasteiger partial charge in [0.05, 0.1) is 19.1 Å². The van der Waals surface area contributed by atoms with Gasteiger partial charge in [0.25, 0.3) is 0 Å². The topological polar surface area (TPSA) is 90.6 Å². The molecule has 1 heterocycles. The van der Waals surface area contributed by atoms with E-state index in [4.69, 9.17) is 10.00 Å². The summed E-state index contributed by atoms with van der Waals surface area (Å²) in [6, 6.07) is 9.24. The maximum absolute atomic E-state index is 11.9. The second kappa shape index (κ2) is 6.94. The van der Waals surface area contributed by atoms with Crippen LogP contribution in [0.2, 0.25) is 0 Å². The minimum atomic E-state index is -0.909. The van der Waals surface area contributed by atoms with Crippen molar-refractivity contribution in [2.45, 2.75) is 18.8 Å². The molecule has 1 aromatic rings. The lowest BCUT2D eigenvalue weighted by Crippen LogP contribution is -2.45. The van der Waals surface area contributed by atoms with Crippen LogP contribution in [0.3, 0.4) is 0 Å². The molecule has 1 saturated heterocycles. The van der Waals surface area contributed by atoms with Crippen molar-refractivity contribution < 1.29 is 19.4 Å². The predicted molar refractivity (Wildman–Crippen MR) is 78.3 cm³/mol. The van der Waals surface area contributed by atoms with Crippen LogP contribution in [0.1, 0.15) is 24.3 Å². The Morgan fingerprint density at radius 2 is 2.05 bits per heavy atom.